The lowest BCUT2D eigenvalue weighted by molar-refractivity contribution is 0.0937. The smallest absolute Gasteiger partial charge is 0.251 e. The molecule has 0 saturated carbocycles. The van der Waals surface area contributed by atoms with E-state index in [1.54, 1.807) is 23.9 Å². The van der Waals surface area contributed by atoms with Crippen molar-refractivity contribution >= 4 is 16.9 Å². The van der Waals surface area contributed by atoms with E-state index >= 15 is 0 Å². The van der Waals surface area contributed by atoms with Crippen molar-refractivity contribution in [2.24, 2.45) is 0 Å². The van der Waals surface area contributed by atoms with Gasteiger partial charge in [-0.3, -0.25) is 4.79 Å². The maximum absolute atomic E-state index is 14.4. The van der Waals surface area contributed by atoms with E-state index in [0.29, 0.717) is 35.0 Å². The normalized spacial score (nSPS) is 12.3. The Morgan fingerprint density at radius 2 is 2.14 bits per heavy atom. The topological polar surface area (TPSA) is 101 Å². The number of H-pyrrole nitrogens is 1. The quantitative estimate of drug-likeness (QED) is 0.542. The molecule has 8 nitrogen and oxygen atoms in total. The summed E-state index contributed by atoms with van der Waals surface area (Å²) in [5.74, 6) is 0.275. The second kappa shape index (κ2) is 7.42. The van der Waals surface area contributed by atoms with Crippen LogP contribution >= 0.6 is 0 Å². The average Bonchev–Trinajstić information content (AvgIpc) is 3.35. The van der Waals surface area contributed by atoms with Crippen LogP contribution in [0.5, 0.6) is 0 Å². The molecule has 1 unspecified atom stereocenters. The van der Waals surface area contributed by atoms with Gasteiger partial charge in [-0.2, -0.15) is 5.10 Å². The minimum atomic E-state index is -0.520. The third kappa shape index (κ3) is 3.58. The van der Waals surface area contributed by atoms with E-state index in [2.05, 4.69) is 30.4 Å². The Kier molecular flexibility index (Phi) is 4.79. The highest BCUT2D eigenvalue weighted by Crippen LogP contribution is 2.27. The van der Waals surface area contributed by atoms with Crippen molar-refractivity contribution in [3.63, 3.8) is 0 Å². The number of rotatable bonds is 5. The maximum Gasteiger partial charge on any atom is 0.251 e. The summed E-state index contributed by atoms with van der Waals surface area (Å²) in [5.41, 5.74) is 2.67. The van der Waals surface area contributed by atoms with Crippen LogP contribution in [0.25, 0.3) is 22.3 Å². The maximum atomic E-state index is 14.4. The minimum absolute atomic E-state index is 0.199. The molecule has 0 saturated heterocycles. The van der Waals surface area contributed by atoms with Crippen molar-refractivity contribution in [2.75, 3.05) is 0 Å². The number of fused-ring (bicyclic) bond motifs is 1. The van der Waals surface area contributed by atoms with Crippen LogP contribution in [0.1, 0.15) is 41.9 Å². The second-order valence-corrected chi connectivity index (χ2v) is 6.72. The number of halogens is 1. The average molecular weight is 393 g/mol. The Labute approximate surface area is 166 Å². The summed E-state index contributed by atoms with van der Waals surface area (Å²) in [6.07, 6.45) is 3.20. The zero-order chi connectivity index (χ0) is 20.5. The molecule has 148 valence electrons. The summed E-state index contributed by atoms with van der Waals surface area (Å²) in [4.78, 5) is 28.9. The fraction of sp³-hybridized carbons (Fsp3) is 0.250. The number of amides is 1. The minimum Gasteiger partial charge on any atom is -0.358 e. The molecule has 4 rings (SSSR count). The van der Waals surface area contributed by atoms with E-state index in [-0.39, 0.29) is 11.6 Å². The highest BCUT2D eigenvalue weighted by Gasteiger charge is 2.18. The van der Waals surface area contributed by atoms with Crippen LogP contribution < -0.4 is 5.32 Å². The molecule has 0 bridgehead atoms. The number of benzene rings is 1. The first-order chi connectivity index (χ1) is 14.0. The highest BCUT2D eigenvalue weighted by molar-refractivity contribution is 5.97. The van der Waals surface area contributed by atoms with Crippen molar-refractivity contribution in [1.82, 2.24) is 35.0 Å². The van der Waals surface area contributed by atoms with Gasteiger partial charge in [0.05, 0.1) is 22.8 Å². The second-order valence-electron chi connectivity index (χ2n) is 6.72. The molecule has 4 aromatic rings. The predicted molar refractivity (Wildman–Crippen MR) is 106 cm³/mol. The molecule has 29 heavy (non-hydrogen) atoms. The molecule has 3 heterocycles. The van der Waals surface area contributed by atoms with Gasteiger partial charge in [0.2, 0.25) is 0 Å². The molecule has 2 N–H and O–H groups in total. The molecule has 0 aliphatic rings. The van der Waals surface area contributed by atoms with E-state index in [1.807, 2.05) is 19.9 Å². The molecular formula is C20H20FN7O. The molecule has 0 fully saturated rings. The van der Waals surface area contributed by atoms with E-state index in [4.69, 9.17) is 0 Å². The van der Waals surface area contributed by atoms with Gasteiger partial charge in [-0.15, -0.1) is 0 Å². The van der Waals surface area contributed by atoms with Crippen LogP contribution in [-0.2, 0) is 6.54 Å². The monoisotopic (exact) mass is 393 g/mol. The molecule has 0 aliphatic carbocycles. The van der Waals surface area contributed by atoms with Crippen LogP contribution in [0.15, 0.2) is 36.8 Å². The van der Waals surface area contributed by atoms with Crippen LogP contribution in [0.4, 0.5) is 4.39 Å². The van der Waals surface area contributed by atoms with Crippen molar-refractivity contribution in [2.45, 2.75) is 33.4 Å². The molecule has 3 aromatic heterocycles. The standard InChI is InChI=1S/C20H20FN7O/c1-4-28-19(23-10-24-28)11(2)25-20(29)14-7-13(8-15(21)9-14)17-18-16(5-6-22-18)26-12(3)27-17/h5-11,22H,4H2,1-3H3,(H,25,29). The molecule has 0 radical (unpaired) electrons. The molecule has 1 aromatic carbocycles. The van der Waals surface area contributed by atoms with Gasteiger partial charge >= 0.3 is 0 Å². The Morgan fingerprint density at radius 1 is 1.31 bits per heavy atom. The lowest BCUT2D eigenvalue weighted by atomic mass is 10.1. The molecule has 1 amide bonds. The largest absolute Gasteiger partial charge is 0.358 e. The molecule has 1 atom stereocenters. The number of aromatic nitrogens is 6. The first-order valence-electron chi connectivity index (χ1n) is 9.27. The third-order valence-electron chi connectivity index (χ3n) is 4.63. The van der Waals surface area contributed by atoms with Crippen LogP contribution in [0, 0.1) is 12.7 Å². The third-order valence-corrected chi connectivity index (χ3v) is 4.63. The zero-order valence-electron chi connectivity index (χ0n) is 16.3. The molecule has 0 spiro atoms. The van der Waals surface area contributed by atoms with Crippen LogP contribution in [-0.4, -0.2) is 35.6 Å². The molecule has 9 heteroatoms. The number of carbonyl (C=O) groups excluding carboxylic acids is 1. The van der Waals surface area contributed by atoms with Crippen molar-refractivity contribution in [3.8, 4) is 11.3 Å². The number of hydrogen-bond donors (Lipinski definition) is 2. The van der Waals surface area contributed by atoms with Gasteiger partial charge in [0.25, 0.3) is 5.91 Å². The Bertz CT molecular complexity index is 1200. The first-order valence-corrected chi connectivity index (χ1v) is 9.27. The lowest BCUT2D eigenvalue weighted by Gasteiger charge is -2.14. The van der Waals surface area contributed by atoms with Crippen LogP contribution in [0.2, 0.25) is 0 Å². The van der Waals surface area contributed by atoms with E-state index in [9.17, 15) is 9.18 Å². The summed E-state index contributed by atoms with van der Waals surface area (Å²) in [5, 5.41) is 6.97. The number of aromatic amines is 1. The molecular weight excluding hydrogens is 373 g/mol. The number of nitrogens with one attached hydrogen (secondary N) is 2. The van der Waals surface area contributed by atoms with Crippen molar-refractivity contribution in [3.05, 3.63) is 59.8 Å². The summed E-state index contributed by atoms with van der Waals surface area (Å²) in [6, 6.07) is 5.63. The fourth-order valence-corrected chi connectivity index (χ4v) is 3.32. The van der Waals surface area contributed by atoms with Crippen LogP contribution in [0.3, 0.4) is 0 Å². The zero-order valence-corrected chi connectivity index (χ0v) is 16.3. The number of aryl methyl sites for hydroxylation is 2. The first kappa shape index (κ1) is 18.7. The van der Waals surface area contributed by atoms with Crippen molar-refractivity contribution in [1.29, 1.82) is 0 Å². The van der Waals surface area contributed by atoms with Gasteiger partial charge in [-0.25, -0.2) is 24.0 Å². The summed E-state index contributed by atoms with van der Waals surface area (Å²) < 4.78 is 16.1. The van der Waals surface area contributed by atoms with Crippen molar-refractivity contribution < 1.29 is 9.18 Å². The van der Waals surface area contributed by atoms with E-state index < -0.39 is 11.7 Å². The predicted octanol–water partition coefficient (Wildman–Crippen LogP) is 3.17. The fourth-order valence-electron chi connectivity index (χ4n) is 3.32. The van der Waals surface area contributed by atoms with Gasteiger partial charge in [0, 0.05) is 23.9 Å². The molecule has 0 aliphatic heterocycles. The Balaban J connectivity index is 1.68. The summed E-state index contributed by atoms with van der Waals surface area (Å²) >= 11 is 0. The number of hydrogen-bond acceptors (Lipinski definition) is 5. The number of carbonyl (C=O) groups is 1. The Morgan fingerprint density at radius 3 is 2.93 bits per heavy atom. The van der Waals surface area contributed by atoms with Gasteiger partial charge in [-0.05, 0) is 45.0 Å². The number of nitrogens with zero attached hydrogens (tertiary/aromatic N) is 5. The van der Waals surface area contributed by atoms with E-state index in [1.165, 1.54) is 18.5 Å². The van der Waals surface area contributed by atoms with Gasteiger partial charge in [0.1, 0.15) is 23.8 Å². The van der Waals surface area contributed by atoms with Gasteiger partial charge in [0.15, 0.2) is 0 Å². The SMILES string of the molecule is CCn1ncnc1C(C)NC(=O)c1cc(F)cc(-c2nc(C)nc3cc[nH]c23)c1. The summed E-state index contributed by atoms with van der Waals surface area (Å²) in [6.45, 7) is 6.16. The Hall–Kier alpha value is -3.62. The highest BCUT2D eigenvalue weighted by atomic mass is 19.1. The van der Waals surface area contributed by atoms with Gasteiger partial charge in [-0.1, -0.05) is 0 Å². The summed E-state index contributed by atoms with van der Waals surface area (Å²) in [7, 11) is 0. The lowest BCUT2D eigenvalue weighted by Crippen LogP contribution is -2.29. The van der Waals surface area contributed by atoms with E-state index in [0.717, 1.165) is 5.52 Å². The van der Waals surface area contributed by atoms with Gasteiger partial charge < -0.3 is 10.3 Å².